The summed E-state index contributed by atoms with van der Waals surface area (Å²) in [5.41, 5.74) is 1.96. The first-order valence-electron chi connectivity index (χ1n) is 8.70. The van der Waals surface area contributed by atoms with Gasteiger partial charge >= 0.3 is 5.97 Å². The Bertz CT molecular complexity index is 798. The predicted molar refractivity (Wildman–Crippen MR) is 102 cm³/mol. The summed E-state index contributed by atoms with van der Waals surface area (Å²) in [6, 6.07) is 14.3. The van der Waals surface area contributed by atoms with Gasteiger partial charge in [0.15, 0.2) is 12.4 Å². The minimum atomic E-state index is -0.493. The monoisotopic (exact) mass is 369 g/mol. The summed E-state index contributed by atoms with van der Waals surface area (Å²) >= 11 is 0. The molecule has 2 aromatic carbocycles. The number of esters is 1. The van der Waals surface area contributed by atoms with E-state index in [0.29, 0.717) is 24.3 Å². The molecule has 6 heteroatoms. The molecular weight excluding hydrogens is 346 g/mol. The number of amides is 1. The normalized spacial score (nSPS) is 10.1. The van der Waals surface area contributed by atoms with E-state index in [1.54, 1.807) is 24.3 Å². The first-order chi connectivity index (χ1) is 13.0. The summed E-state index contributed by atoms with van der Waals surface area (Å²) in [6.07, 6.45) is 0.644. The lowest BCUT2D eigenvalue weighted by Crippen LogP contribution is -2.22. The van der Waals surface area contributed by atoms with Crippen molar-refractivity contribution < 1.29 is 23.9 Å². The zero-order valence-corrected chi connectivity index (χ0v) is 15.5. The van der Waals surface area contributed by atoms with Crippen molar-refractivity contribution in [2.75, 3.05) is 18.5 Å². The van der Waals surface area contributed by atoms with E-state index in [4.69, 9.17) is 9.47 Å². The third kappa shape index (κ3) is 6.93. The minimum absolute atomic E-state index is 0.156. The van der Waals surface area contributed by atoms with Crippen LogP contribution in [0.15, 0.2) is 48.5 Å². The van der Waals surface area contributed by atoms with Crippen LogP contribution in [0.4, 0.5) is 5.69 Å². The molecule has 0 fully saturated rings. The zero-order chi connectivity index (χ0) is 19.6. The van der Waals surface area contributed by atoms with Gasteiger partial charge in [0.05, 0.1) is 12.3 Å². The Morgan fingerprint density at radius 3 is 2.41 bits per heavy atom. The van der Waals surface area contributed by atoms with Crippen LogP contribution in [0.3, 0.4) is 0 Å². The molecule has 0 atom stereocenters. The third-order valence-electron chi connectivity index (χ3n) is 3.76. The van der Waals surface area contributed by atoms with Gasteiger partial charge in [0.2, 0.25) is 0 Å². The highest BCUT2D eigenvalue weighted by Crippen LogP contribution is 2.15. The number of ketones is 1. The summed E-state index contributed by atoms with van der Waals surface area (Å²) < 4.78 is 10.5. The van der Waals surface area contributed by atoms with Crippen LogP contribution in [0.1, 0.15) is 35.7 Å². The van der Waals surface area contributed by atoms with Crippen LogP contribution in [0.5, 0.6) is 5.75 Å². The lowest BCUT2D eigenvalue weighted by atomic mass is 10.1. The fourth-order valence-corrected chi connectivity index (χ4v) is 2.34. The van der Waals surface area contributed by atoms with Gasteiger partial charge in [0, 0.05) is 12.0 Å². The van der Waals surface area contributed by atoms with E-state index < -0.39 is 18.5 Å². The molecule has 0 aliphatic rings. The highest BCUT2D eigenvalue weighted by molar-refractivity contribution is 6.04. The number of aryl methyl sites for hydroxylation is 1. The molecular formula is C21H23NO5. The molecule has 0 spiro atoms. The number of ether oxygens (including phenoxy) is 2. The van der Waals surface area contributed by atoms with Crippen molar-refractivity contribution in [3.8, 4) is 5.75 Å². The fourth-order valence-electron chi connectivity index (χ4n) is 2.34. The molecule has 6 nitrogen and oxygen atoms in total. The van der Waals surface area contributed by atoms with Gasteiger partial charge in [-0.15, -0.1) is 0 Å². The summed E-state index contributed by atoms with van der Waals surface area (Å²) in [4.78, 5) is 35.2. The van der Waals surface area contributed by atoms with Crippen molar-refractivity contribution in [1.82, 2.24) is 0 Å². The minimum Gasteiger partial charge on any atom is -0.494 e. The Hall–Kier alpha value is -3.15. The SMILES string of the molecule is CC(=O)c1ccccc1NC(=O)COC(=O)CCCOc1ccc(C)cc1. The molecule has 0 radical (unpaired) electrons. The van der Waals surface area contributed by atoms with Crippen molar-refractivity contribution in [1.29, 1.82) is 0 Å². The van der Waals surface area contributed by atoms with E-state index in [-0.39, 0.29) is 12.2 Å². The molecule has 2 aromatic rings. The summed E-state index contributed by atoms with van der Waals surface area (Å²) in [5, 5.41) is 2.58. The Morgan fingerprint density at radius 2 is 1.70 bits per heavy atom. The van der Waals surface area contributed by atoms with E-state index in [1.807, 2.05) is 31.2 Å². The fraction of sp³-hybridized carbons (Fsp3) is 0.286. The second kappa shape index (κ2) is 10.1. The number of Topliss-reactive ketones (excluding diaryl/α,β-unsaturated/α-hetero) is 1. The van der Waals surface area contributed by atoms with Crippen molar-refractivity contribution in [3.63, 3.8) is 0 Å². The van der Waals surface area contributed by atoms with Crippen LogP contribution in [0.25, 0.3) is 0 Å². The average molecular weight is 369 g/mol. The predicted octanol–water partition coefficient (Wildman–Crippen LogP) is 3.54. The van der Waals surface area contributed by atoms with E-state index in [1.165, 1.54) is 6.92 Å². The summed E-state index contributed by atoms with van der Waals surface area (Å²) in [5.74, 6) is -0.376. The van der Waals surface area contributed by atoms with E-state index >= 15 is 0 Å². The lowest BCUT2D eigenvalue weighted by molar-refractivity contribution is -0.147. The van der Waals surface area contributed by atoms with Gasteiger partial charge in [-0.3, -0.25) is 14.4 Å². The molecule has 1 N–H and O–H groups in total. The molecule has 0 aliphatic carbocycles. The van der Waals surface area contributed by atoms with Crippen molar-refractivity contribution in [3.05, 3.63) is 59.7 Å². The van der Waals surface area contributed by atoms with Crippen LogP contribution < -0.4 is 10.1 Å². The highest BCUT2D eigenvalue weighted by Gasteiger charge is 2.11. The number of hydrogen-bond donors (Lipinski definition) is 1. The molecule has 1 amide bonds. The zero-order valence-electron chi connectivity index (χ0n) is 15.5. The number of benzene rings is 2. The Morgan fingerprint density at radius 1 is 1.00 bits per heavy atom. The molecule has 142 valence electrons. The number of rotatable bonds is 9. The van der Waals surface area contributed by atoms with Crippen LogP contribution in [-0.2, 0) is 14.3 Å². The standard InChI is InChI=1S/C21H23NO5/c1-15-9-11-17(12-10-15)26-13-5-8-21(25)27-14-20(24)22-19-7-4-3-6-18(19)16(2)23/h3-4,6-7,9-12H,5,8,13-14H2,1-2H3,(H,22,24). The number of anilines is 1. The summed E-state index contributed by atoms with van der Waals surface area (Å²) in [7, 11) is 0. The topological polar surface area (TPSA) is 81.7 Å². The van der Waals surface area contributed by atoms with Gasteiger partial charge in [-0.1, -0.05) is 29.8 Å². The lowest BCUT2D eigenvalue weighted by Gasteiger charge is -2.10. The maximum absolute atomic E-state index is 11.9. The number of nitrogens with one attached hydrogen (secondary N) is 1. The maximum Gasteiger partial charge on any atom is 0.306 e. The Labute approximate surface area is 158 Å². The van der Waals surface area contributed by atoms with Crippen LogP contribution >= 0.6 is 0 Å². The van der Waals surface area contributed by atoms with Crippen LogP contribution in [0, 0.1) is 6.92 Å². The first kappa shape index (κ1) is 20.2. The van der Waals surface area contributed by atoms with Crippen molar-refractivity contribution >= 4 is 23.3 Å². The van der Waals surface area contributed by atoms with E-state index in [0.717, 1.165) is 11.3 Å². The Kier molecular flexibility index (Phi) is 7.55. The van der Waals surface area contributed by atoms with Crippen molar-refractivity contribution in [2.45, 2.75) is 26.7 Å². The van der Waals surface area contributed by atoms with Gasteiger partial charge in [-0.2, -0.15) is 0 Å². The van der Waals surface area contributed by atoms with Gasteiger partial charge in [0.25, 0.3) is 5.91 Å². The molecule has 0 unspecified atom stereocenters. The quantitative estimate of drug-likeness (QED) is 0.415. The number of carbonyl (C=O) groups excluding carboxylic acids is 3. The average Bonchev–Trinajstić information content (AvgIpc) is 2.65. The molecule has 27 heavy (non-hydrogen) atoms. The second-order valence-electron chi connectivity index (χ2n) is 6.08. The molecule has 0 saturated carbocycles. The third-order valence-corrected chi connectivity index (χ3v) is 3.76. The number of hydrogen-bond acceptors (Lipinski definition) is 5. The van der Waals surface area contributed by atoms with E-state index in [9.17, 15) is 14.4 Å². The van der Waals surface area contributed by atoms with Gasteiger partial charge in [-0.25, -0.2) is 0 Å². The molecule has 0 heterocycles. The number of para-hydroxylation sites is 1. The molecule has 0 bridgehead atoms. The number of carbonyl (C=O) groups is 3. The van der Waals surface area contributed by atoms with Crippen LogP contribution in [0.2, 0.25) is 0 Å². The van der Waals surface area contributed by atoms with Gasteiger partial charge < -0.3 is 14.8 Å². The maximum atomic E-state index is 11.9. The van der Waals surface area contributed by atoms with Gasteiger partial charge in [0.1, 0.15) is 5.75 Å². The van der Waals surface area contributed by atoms with Gasteiger partial charge in [-0.05, 0) is 44.5 Å². The van der Waals surface area contributed by atoms with Crippen LogP contribution in [-0.4, -0.2) is 30.9 Å². The Balaban J connectivity index is 1.67. The molecule has 0 aliphatic heterocycles. The smallest absolute Gasteiger partial charge is 0.306 e. The highest BCUT2D eigenvalue weighted by atomic mass is 16.5. The largest absolute Gasteiger partial charge is 0.494 e. The molecule has 2 rings (SSSR count). The van der Waals surface area contributed by atoms with Crippen molar-refractivity contribution in [2.24, 2.45) is 0 Å². The van der Waals surface area contributed by atoms with E-state index in [2.05, 4.69) is 5.32 Å². The second-order valence-corrected chi connectivity index (χ2v) is 6.08. The first-order valence-corrected chi connectivity index (χ1v) is 8.70. The molecule has 0 aromatic heterocycles. The summed E-state index contributed by atoms with van der Waals surface area (Å²) in [6.45, 7) is 3.40. The molecule has 0 saturated heterocycles.